The summed E-state index contributed by atoms with van der Waals surface area (Å²) in [4.78, 5) is 5.39. The fraction of sp³-hybridized carbons (Fsp3) is 0.231. The number of nitrogens with zero attached hydrogens (tertiary/aromatic N) is 2. The molecule has 0 unspecified atom stereocenters. The molecule has 2 aromatic heterocycles. The zero-order chi connectivity index (χ0) is 14.4. The molecule has 0 bridgehead atoms. The van der Waals surface area contributed by atoms with Crippen LogP contribution in [0.5, 0.6) is 0 Å². The Labute approximate surface area is 129 Å². The average Bonchev–Trinajstić information content (AvgIpc) is 2.88. The number of thiophene rings is 1. The van der Waals surface area contributed by atoms with Crippen LogP contribution in [0.1, 0.15) is 16.1 Å². The van der Waals surface area contributed by atoms with Crippen LogP contribution in [-0.2, 0) is 13.0 Å². The van der Waals surface area contributed by atoms with Gasteiger partial charge in [-0.25, -0.2) is 0 Å². The Hall–Kier alpha value is -1.44. The van der Waals surface area contributed by atoms with Crippen molar-refractivity contribution in [3.63, 3.8) is 0 Å². The smallest absolute Gasteiger partial charge is 0.188 e. The molecule has 0 aromatic carbocycles. The molecule has 0 spiro atoms. The van der Waals surface area contributed by atoms with Gasteiger partial charge in [0.25, 0.3) is 0 Å². The van der Waals surface area contributed by atoms with Crippen molar-refractivity contribution < 1.29 is 5.21 Å². The standard InChI is InChI=1S/C13H15BrN4OS/c14-12-2-1-10(20-12)4-5-16-8-9-3-6-17-11(7-9)13(15)18-19/h1-3,6-7,16,19H,4-5,8H2,(H2,15,18). The van der Waals surface area contributed by atoms with Gasteiger partial charge in [0, 0.05) is 24.2 Å². The predicted octanol–water partition coefficient (Wildman–Crippen LogP) is 2.33. The number of oxime groups is 1. The number of hydrogen-bond donors (Lipinski definition) is 3. The first kappa shape index (κ1) is 15.0. The molecular weight excluding hydrogens is 340 g/mol. The summed E-state index contributed by atoms with van der Waals surface area (Å²) in [6.07, 6.45) is 2.65. The summed E-state index contributed by atoms with van der Waals surface area (Å²) in [6.45, 7) is 1.62. The maximum atomic E-state index is 8.63. The van der Waals surface area contributed by atoms with Crippen LogP contribution in [0.25, 0.3) is 0 Å². The molecule has 0 atom stereocenters. The van der Waals surface area contributed by atoms with Gasteiger partial charge < -0.3 is 16.3 Å². The molecule has 0 radical (unpaired) electrons. The van der Waals surface area contributed by atoms with Crippen LogP contribution < -0.4 is 11.1 Å². The van der Waals surface area contributed by atoms with Crippen LogP contribution in [-0.4, -0.2) is 22.6 Å². The van der Waals surface area contributed by atoms with Crippen molar-refractivity contribution in [1.29, 1.82) is 0 Å². The van der Waals surface area contributed by atoms with Crippen molar-refractivity contribution in [2.75, 3.05) is 6.54 Å². The maximum Gasteiger partial charge on any atom is 0.188 e. The summed E-state index contributed by atoms with van der Waals surface area (Å²) < 4.78 is 1.16. The molecule has 20 heavy (non-hydrogen) atoms. The SMILES string of the molecule is N/C(=N/O)c1cc(CNCCc2ccc(Br)s2)ccn1. The zero-order valence-corrected chi connectivity index (χ0v) is 13.1. The molecular formula is C13H15BrN4OS. The van der Waals surface area contributed by atoms with E-state index in [0.717, 1.165) is 28.9 Å². The normalized spacial score (nSPS) is 11.8. The van der Waals surface area contributed by atoms with Crippen LogP contribution in [0.3, 0.4) is 0 Å². The highest BCUT2D eigenvalue weighted by Crippen LogP contribution is 2.22. The molecule has 0 saturated carbocycles. The minimum absolute atomic E-state index is 0.0234. The Morgan fingerprint density at radius 3 is 3.00 bits per heavy atom. The monoisotopic (exact) mass is 354 g/mol. The van der Waals surface area contributed by atoms with Crippen LogP contribution in [0.15, 0.2) is 39.4 Å². The third kappa shape index (κ3) is 4.29. The molecule has 0 fully saturated rings. The van der Waals surface area contributed by atoms with E-state index in [1.807, 2.05) is 12.1 Å². The van der Waals surface area contributed by atoms with Crippen molar-refractivity contribution in [2.24, 2.45) is 10.9 Å². The number of aromatic nitrogens is 1. The number of rotatable bonds is 6. The van der Waals surface area contributed by atoms with Gasteiger partial charge in [0.1, 0.15) is 5.69 Å². The first-order chi connectivity index (χ1) is 9.69. The van der Waals surface area contributed by atoms with E-state index in [1.54, 1.807) is 17.5 Å². The van der Waals surface area contributed by atoms with Gasteiger partial charge in [0.05, 0.1) is 3.79 Å². The van der Waals surface area contributed by atoms with Gasteiger partial charge >= 0.3 is 0 Å². The van der Waals surface area contributed by atoms with Crippen molar-refractivity contribution in [3.05, 3.63) is 50.4 Å². The first-order valence-electron chi connectivity index (χ1n) is 6.07. The Bertz CT molecular complexity index is 600. The highest BCUT2D eigenvalue weighted by Gasteiger charge is 2.02. The topological polar surface area (TPSA) is 83.5 Å². The maximum absolute atomic E-state index is 8.63. The van der Waals surface area contributed by atoms with E-state index in [1.165, 1.54) is 4.88 Å². The van der Waals surface area contributed by atoms with Crippen LogP contribution in [0.4, 0.5) is 0 Å². The van der Waals surface area contributed by atoms with Crippen molar-refractivity contribution in [3.8, 4) is 0 Å². The van der Waals surface area contributed by atoms with E-state index in [4.69, 9.17) is 10.9 Å². The molecule has 0 saturated heterocycles. The van der Waals surface area contributed by atoms with Gasteiger partial charge in [-0.15, -0.1) is 11.3 Å². The molecule has 4 N–H and O–H groups in total. The summed E-state index contributed by atoms with van der Waals surface area (Å²) in [5.74, 6) is 0.0234. The quantitative estimate of drug-likeness (QED) is 0.244. The number of nitrogens with one attached hydrogen (secondary N) is 1. The molecule has 0 aliphatic heterocycles. The number of nitrogens with two attached hydrogens (primary N) is 1. The minimum atomic E-state index is 0.0234. The van der Waals surface area contributed by atoms with E-state index < -0.39 is 0 Å². The molecule has 5 nitrogen and oxygen atoms in total. The molecule has 2 rings (SSSR count). The predicted molar refractivity (Wildman–Crippen MR) is 84.2 cm³/mol. The molecule has 0 aliphatic carbocycles. The number of halogens is 1. The van der Waals surface area contributed by atoms with Crippen LogP contribution >= 0.6 is 27.3 Å². The molecule has 2 heterocycles. The Morgan fingerprint density at radius 2 is 2.30 bits per heavy atom. The summed E-state index contributed by atoms with van der Waals surface area (Å²) in [5.41, 5.74) is 7.04. The lowest BCUT2D eigenvalue weighted by Gasteiger charge is -2.05. The summed E-state index contributed by atoms with van der Waals surface area (Å²) >= 11 is 5.20. The van der Waals surface area contributed by atoms with Crippen LogP contribution in [0.2, 0.25) is 0 Å². The van der Waals surface area contributed by atoms with E-state index in [-0.39, 0.29) is 5.84 Å². The van der Waals surface area contributed by atoms with Gasteiger partial charge in [0.2, 0.25) is 0 Å². The Balaban J connectivity index is 1.82. The summed E-state index contributed by atoms with van der Waals surface area (Å²) in [6, 6.07) is 7.90. The van der Waals surface area contributed by atoms with Crippen molar-refractivity contribution in [1.82, 2.24) is 10.3 Å². The fourth-order valence-electron chi connectivity index (χ4n) is 1.71. The third-order valence-electron chi connectivity index (χ3n) is 2.70. The van der Waals surface area contributed by atoms with Gasteiger partial charge in [-0.3, -0.25) is 4.98 Å². The lowest BCUT2D eigenvalue weighted by molar-refractivity contribution is 0.318. The zero-order valence-electron chi connectivity index (χ0n) is 10.7. The lowest BCUT2D eigenvalue weighted by atomic mass is 10.2. The molecule has 0 amide bonds. The van der Waals surface area contributed by atoms with Crippen molar-refractivity contribution in [2.45, 2.75) is 13.0 Å². The lowest BCUT2D eigenvalue weighted by Crippen LogP contribution is -2.18. The second-order valence-electron chi connectivity index (χ2n) is 4.17. The number of pyridine rings is 1. The summed E-state index contributed by atoms with van der Waals surface area (Å²) in [5, 5.41) is 14.9. The van der Waals surface area contributed by atoms with E-state index in [2.05, 4.69) is 43.5 Å². The largest absolute Gasteiger partial charge is 0.409 e. The highest BCUT2D eigenvalue weighted by atomic mass is 79.9. The van der Waals surface area contributed by atoms with Gasteiger partial charge in [-0.05, 0) is 52.2 Å². The second kappa shape index (κ2) is 7.37. The first-order valence-corrected chi connectivity index (χ1v) is 7.68. The minimum Gasteiger partial charge on any atom is -0.409 e. The van der Waals surface area contributed by atoms with Gasteiger partial charge in [0.15, 0.2) is 5.84 Å². The highest BCUT2D eigenvalue weighted by molar-refractivity contribution is 9.11. The Morgan fingerprint density at radius 1 is 1.45 bits per heavy atom. The second-order valence-corrected chi connectivity index (χ2v) is 6.71. The Kier molecular flexibility index (Phi) is 5.51. The van der Waals surface area contributed by atoms with Crippen LogP contribution in [0, 0.1) is 0 Å². The molecule has 106 valence electrons. The number of amidine groups is 1. The van der Waals surface area contributed by atoms with E-state index in [0.29, 0.717) is 5.69 Å². The van der Waals surface area contributed by atoms with Gasteiger partial charge in [-0.1, -0.05) is 5.16 Å². The summed E-state index contributed by atoms with van der Waals surface area (Å²) in [7, 11) is 0. The van der Waals surface area contributed by atoms with Crippen molar-refractivity contribution >= 4 is 33.1 Å². The van der Waals surface area contributed by atoms with Gasteiger partial charge in [-0.2, -0.15) is 0 Å². The molecule has 0 aliphatic rings. The third-order valence-corrected chi connectivity index (χ3v) is 4.38. The fourth-order valence-corrected chi connectivity index (χ4v) is 3.19. The van der Waals surface area contributed by atoms with E-state index >= 15 is 0 Å². The molecule has 2 aromatic rings. The number of hydrogen-bond acceptors (Lipinski definition) is 5. The average molecular weight is 355 g/mol. The molecule has 7 heteroatoms. The van der Waals surface area contributed by atoms with E-state index in [9.17, 15) is 0 Å².